The molecule has 29 heavy (non-hydrogen) atoms. The minimum atomic E-state index is -4.41. The van der Waals surface area contributed by atoms with Crippen LogP contribution in [0.5, 0.6) is 5.88 Å². The third kappa shape index (κ3) is 4.44. The number of halogens is 3. The molecule has 1 atom stereocenters. The first-order valence-corrected chi connectivity index (χ1v) is 9.09. The standard InChI is InChI=1S/C20H18F3N5O/c1-13-9-17(27-19(26-13)14-3-2-7-24-10-14)28-8-6-16(12-28)29-18-5-4-15(11-25-18)20(21,22)23/h2-5,7,9-11,16H,6,8,12H2,1H3. The van der Waals surface area contributed by atoms with Gasteiger partial charge in [-0.2, -0.15) is 13.2 Å². The van der Waals surface area contributed by atoms with Crippen molar-refractivity contribution in [1.82, 2.24) is 19.9 Å². The molecule has 4 heterocycles. The van der Waals surface area contributed by atoms with Crippen molar-refractivity contribution in [2.24, 2.45) is 0 Å². The Morgan fingerprint density at radius 3 is 2.69 bits per heavy atom. The van der Waals surface area contributed by atoms with Crippen LogP contribution in [0.1, 0.15) is 17.7 Å². The maximum atomic E-state index is 12.6. The van der Waals surface area contributed by atoms with E-state index in [1.807, 2.05) is 25.1 Å². The Morgan fingerprint density at radius 2 is 2.00 bits per heavy atom. The molecule has 9 heteroatoms. The van der Waals surface area contributed by atoms with Crippen LogP contribution in [0, 0.1) is 6.92 Å². The number of ether oxygens (including phenoxy) is 1. The van der Waals surface area contributed by atoms with Crippen molar-refractivity contribution in [2.75, 3.05) is 18.0 Å². The molecule has 1 aliphatic rings. The third-order valence-corrected chi connectivity index (χ3v) is 4.58. The fourth-order valence-corrected chi connectivity index (χ4v) is 3.16. The SMILES string of the molecule is Cc1cc(N2CCC(Oc3ccc(C(F)(F)F)cn3)C2)nc(-c2cccnc2)n1. The average Bonchev–Trinajstić information content (AvgIpc) is 3.16. The van der Waals surface area contributed by atoms with Gasteiger partial charge in [0.1, 0.15) is 11.9 Å². The van der Waals surface area contributed by atoms with Crippen molar-refractivity contribution in [3.8, 4) is 17.3 Å². The topological polar surface area (TPSA) is 64.0 Å². The van der Waals surface area contributed by atoms with Crippen molar-refractivity contribution in [1.29, 1.82) is 0 Å². The molecule has 150 valence electrons. The minimum Gasteiger partial charge on any atom is -0.472 e. The second-order valence-corrected chi connectivity index (χ2v) is 6.79. The van der Waals surface area contributed by atoms with Crippen LogP contribution in [0.4, 0.5) is 19.0 Å². The van der Waals surface area contributed by atoms with Crippen molar-refractivity contribution < 1.29 is 17.9 Å². The zero-order valence-electron chi connectivity index (χ0n) is 15.6. The lowest BCUT2D eigenvalue weighted by atomic mass is 10.2. The maximum absolute atomic E-state index is 12.6. The number of hydrogen-bond donors (Lipinski definition) is 0. The van der Waals surface area contributed by atoms with Crippen LogP contribution in [0.15, 0.2) is 48.9 Å². The lowest BCUT2D eigenvalue weighted by molar-refractivity contribution is -0.137. The van der Waals surface area contributed by atoms with E-state index in [1.165, 1.54) is 6.07 Å². The van der Waals surface area contributed by atoms with E-state index < -0.39 is 11.7 Å². The summed E-state index contributed by atoms with van der Waals surface area (Å²) in [7, 11) is 0. The van der Waals surface area contributed by atoms with Gasteiger partial charge in [0.25, 0.3) is 0 Å². The first-order valence-electron chi connectivity index (χ1n) is 9.09. The van der Waals surface area contributed by atoms with Crippen LogP contribution < -0.4 is 9.64 Å². The lowest BCUT2D eigenvalue weighted by Crippen LogP contribution is -2.25. The molecule has 0 radical (unpaired) electrons. The molecule has 0 saturated carbocycles. The summed E-state index contributed by atoms with van der Waals surface area (Å²) in [4.78, 5) is 19.1. The van der Waals surface area contributed by atoms with Gasteiger partial charge in [0, 0.05) is 54.9 Å². The van der Waals surface area contributed by atoms with E-state index in [4.69, 9.17) is 4.74 Å². The predicted molar refractivity (Wildman–Crippen MR) is 100 cm³/mol. The number of hydrogen-bond acceptors (Lipinski definition) is 6. The molecule has 4 rings (SSSR count). The zero-order valence-corrected chi connectivity index (χ0v) is 15.6. The maximum Gasteiger partial charge on any atom is 0.417 e. The van der Waals surface area contributed by atoms with E-state index in [9.17, 15) is 13.2 Å². The molecule has 3 aromatic rings. The Kier molecular flexibility index (Phi) is 5.04. The average molecular weight is 401 g/mol. The largest absolute Gasteiger partial charge is 0.472 e. The highest BCUT2D eigenvalue weighted by Crippen LogP contribution is 2.30. The molecular formula is C20H18F3N5O. The Hall–Kier alpha value is -3.23. The van der Waals surface area contributed by atoms with Gasteiger partial charge in [0.05, 0.1) is 12.1 Å². The third-order valence-electron chi connectivity index (χ3n) is 4.58. The van der Waals surface area contributed by atoms with Gasteiger partial charge in [-0.1, -0.05) is 0 Å². The van der Waals surface area contributed by atoms with E-state index in [1.54, 1.807) is 12.4 Å². The van der Waals surface area contributed by atoms with E-state index in [2.05, 4.69) is 24.8 Å². The highest BCUT2D eigenvalue weighted by Gasteiger charge is 2.31. The zero-order chi connectivity index (χ0) is 20.4. The van der Waals surface area contributed by atoms with Gasteiger partial charge in [-0.15, -0.1) is 0 Å². The van der Waals surface area contributed by atoms with Crippen LogP contribution in [-0.2, 0) is 6.18 Å². The van der Waals surface area contributed by atoms with Crippen LogP contribution in [-0.4, -0.2) is 39.1 Å². The molecule has 0 aromatic carbocycles. The number of nitrogens with zero attached hydrogens (tertiary/aromatic N) is 5. The molecule has 0 bridgehead atoms. The molecule has 1 unspecified atom stereocenters. The summed E-state index contributed by atoms with van der Waals surface area (Å²) in [5.74, 6) is 1.56. The molecule has 0 spiro atoms. The number of anilines is 1. The quantitative estimate of drug-likeness (QED) is 0.660. The first-order chi connectivity index (χ1) is 13.9. The van der Waals surface area contributed by atoms with Gasteiger partial charge in [-0.05, 0) is 25.1 Å². The lowest BCUT2D eigenvalue weighted by Gasteiger charge is -2.19. The summed E-state index contributed by atoms with van der Waals surface area (Å²) < 4.78 is 43.7. The highest BCUT2D eigenvalue weighted by atomic mass is 19.4. The monoisotopic (exact) mass is 401 g/mol. The Morgan fingerprint density at radius 1 is 1.14 bits per heavy atom. The summed E-state index contributed by atoms with van der Waals surface area (Å²) in [5.41, 5.74) is 0.873. The fourth-order valence-electron chi connectivity index (χ4n) is 3.16. The molecule has 1 saturated heterocycles. The van der Waals surface area contributed by atoms with Crippen molar-refractivity contribution in [3.05, 3.63) is 60.2 Å². The number of pyridine rings is 2. The van der Waals surface area contributed by atoms with Gasteiger partial charge < -0.3 is 9.64 Å². The van der Waals surface area contributed by atoms with E-state index in [0.29, 0.717) is 25.3 Å². The minimum absolute atomic E-state index is 0.180. The van der Waals surface area contributed by atoms with Crippen molar-refractivity contribution >= 4 is 5.82 Å². The Balaban J connectivity index is 1.45. The summed E-state index contributed by atoms with van der Waals surface area (Å²) in [6.07, 6.45) is 0.315. The molecule has 0 aliphatic carbocycles. The van der Waals surface area contributed by atoms with Gasteiger partial charge in [0.2, 0.25) is 5.88 Å². The number of aromatic nitrogens is 4. The smallest absolute Gasteiger partial charge is 0.417 e. The summed E-state index contributed by atoms with van der Waals surface area (Å²) in [6, 6.07) is 7.86. The van der Waals surface area contributed by atoms with E-state index in [0.717, 1.165) is 29.3 Å². The van der Waals surface area contributed by atoms with Gasteiger partial charge in [0.15, 0.2) is 5.82 Å². The fraction of sp³-hybridized carbons (Fsp3) is 0.300. The normalized spacial score (nSPS) is 16.8. The first kappa shape index (κ1) is 19.1. The molecule has 3 aromatic heterocycles. The molecule has 1 fully saturated rings. The second-order valence-electron chi connectivity index (χ2n) is 6.79. The van der Waals surface area contributed by atoms with Gasteiger partial charge >= 0.3 is 6.18 Å². The molecule has 0 amide bonds. The summed E-state index contributed by atoms with van der Waals surface area (Å²) in [6.45, 7) is 3.18. The van der Waals surface area contributed by atoms with Crippen molar-refractivity contribution in [2.45, 2.75) is 25.6 Å². The number of alkyl halides is 3. The Labute approximate surface area is 165 Å². The van der Waals surface area contributed by atoms with Gasteiger partial charge in [-0.3, -0.25) is 4.98 Å². The van der Waals surface area contributed by atoms with Crippen molar-refractivity contribution in [3.63, 3.8) is 0 Å². The Bertz CT molecular complexity index is 980. The van der Waals surface area contributed by atoms with Gasteiger partial charge in [-0.25, -0.2) is 15.0 Å². The number of aryl methyl sites for hydroxylation is 1. The molecule has 6 nitrogen and oxygen atoms in total. The predicted octanol–water partition coefficient (Wildman–Crippen LogP) is 3.92. The second kappa shape index (κ2) is 7.65. The van der Waals surface area contributed by atoms with Crippen LogP contribution in [0.2, 0.25) is 0 Å². The van der Waals surface area contributed by atoms with Crippen LogP contribution in [0.25, 0.3) is 11.4 Å². The highest BCUT2D eigenvalue weighted by molar-refractivity contribution is 5.57. The molecule has 0 N–H and O–H groups in total. The number of rotatable bonds is 4. The summed E-state index contributed by atoms with van der Waals surface area (Å²) >= 11 is 0. The van der Waals surface area contributed by atoms with E-state index in [-0.39, 0.29) is 12.0 Å². The van der Waals surface area contributed by atoms with Crippen LogP contribution >= 0.6 is 0 Å². The van der Waals surface area contributed by atoms with E-state index >= 15 is 0 Å². The van der Waals surface area contributed by atoms with Crippen LogP contribution in [0.3, 0.4) is 0 Å². The summed E-state index contributed by atoms with van der Waals surface area (Å²) in [5, 5.41) is 0. The molecular weight excluding hydrogens is 383 g/mol. The molecule has 1 aliphatic heterocycles.